The summed E-state index contributed by atoms with van der Waals surface area (Å²) in [7, 11) is -2.42. The molecule has 0 heterocycles. The molecule has 0 atom stereocenters. The quantitative estimate of drug-likeness (QED) is 0.609. The van der Waals surface area contributed by atoms with Gasteiger partial charge in [-0.1, -0.05) is 41.4 Å². The van der Waals surface area contributed by atoms with E-state index in [1.807, 2.05) is 31.2 Å². The largest absolute Gasteiger partial charge is 0.289 e. The number of hydrogen-bond donors (Lipinski definition) is 0. The zero-order valence-electron chi connectivity index (χ0n) is 12.6. The minimum Gasteiger partial charge on any atom is -0.258 e. The summed E-state index contributed by atoms with van der Waals surface area (Å²) in [6, 6.07) is 10.9. The SMILES string of the molecule is Cc1ccc(CN(C)S(=O)(=O)c2ccc(Cl)c([N+](=O)[O-])c2)cc1. The van der Waals surface area contributed by atoms with Gasteiger partial charge >= 0.3 is 0 Å². The van der Waals surface area contributed by atoms with E-state index in [0.29, 0.717) is 0 Å². The summed E-state index contributed by atoms with van der Waals surface area (Å²) >= 11 is 5.72. The smallest absolute Gasteiger partial charge is 0.258 e. The Balaban J connectivity index is 2.32. The zero-order valence-corrected chi connectivity index (χ0v) is 14.1. The summed E-state index contributed by atoms with van der Waals surface area (Å²) < 4.78 is 26.2. The lowest BCUT2D eigenvalue weighted by molar-refractivity contribution is -0.384. The van der Waals surface area contributed by atoms with E-state index in [1.165, 1.54) is 19.2 Å². The number of benzene rings is 2. The summed E-state index contributed by atoms with van der Waals surface area (Å²) in [5.41, 5.74) is 1.47. The van der Waals surface area contributed by atoms with Gasteiger partial charge in [0, 0.05) is 19.7 Å². The number of hydrogen-bond acceptors (Lipinski definition) is 4. The van der Waals surface area contributed by atoms with Crippen LogP contribution in [0.25, 0.3) is 0 Å². The normalized spacial score (nSPS) is 11.7. The number of sulfonamides is 1. The number of rotatable bonds is 5. The van der Waals surface area contributed by atoms with Crippen molar-refractivity contribution in [2.75, 3.05) is 7.05 Å². The lowest BCUT2D eigenvalue weighted by atomic mass is 10.1. The highest BCUT2D eigenvalue weighted by atomic mass is 35.5. The number of halogens is 1. The molecule has 0 amide bonds. The number of nitro groups is 1. The van der Waals surface area contributed by atoms with E-state index in [4.69, 9.17) is 11.6 Å². The standard InChI is InChI=1S/C15H15ClN2O4S/c1-11-3-5-12(6-4-11)10-17(2)23(21,22)13-7-8-14(16)15(9-13)18(19)20/h3-9H,10H2,1-2H3. The Morgan fingerprint density at radius 1 is 1.17 bits per heavy atom. The first kappa shape index (κ1) is 17.4. The maximum absolute atomic E-state index is 12.5. The molecule has 2 aromatic carbocycles. The van der Waals surface area contributed by atoms with Gasteiger partial charge in [0.2, 0.25) is 10.0 Å². The molecular weight excluding hydrogens is 340 g/mol. The van der Waals surface area contributed by atoms with Gasteiger partial charge in [-0.3, -0.25) is 10.1 Å². The fraction of sp³-hybridized carbons (Fsp3) is 0.200. The molecule has 0 spiro atoms. The van der Waals surface area contributed by atoms with Crippen molar-refractivity contribution in [3.8, 4) is 0 Å². The van der Waals surface area contributed by atoms with Crippen LogP contribution in [0.1, 0.15) is 11.1 Å². The molecule has 2 aromatic rings. The lowest BCUT2D eigenvalue weighted by Crippen LogP contribution is -2.26. The highest BCUT2D eigenvalue weighted by Gasteiger charge is 2.24. The molecule has 0 aromatic heterocycles. The fourth-order valence-corrected chi connectivity index (χ4v) is 3.37. The minimum absolute atomic E-state index is 0.102. The average molecular weight is 355 g/mol. The summed E-state index contributed by atoms with van der Waals surface area (Å²) in [6.45, 7) is 2.11. The predicted molar refractivity (Wildman–Crippen MR) is 87.9 cm³/mol. The monoisotopic (exact) mass is 354 g/mol. The summed E-state index contributed by atoms with van der Waals surface area (Å²) in [5.74, 6) is 0. The molecule has 2 rings (SSSR count). The molecule has 0 aliphatic heterocycles. The minimum atomic E-state index is -3.85. The van der Waals surface area contributed by atoms with E-state index in [1.54, 1.807) is 0 Å². The van der Waals surface area contributed by atoms with Crippen molar-refractivity contribution in [3.05, 3.63) is 68.7 Å². The van der Waals surface area contributed by atoms with Crippen LogP contribution < -0.4 is 0 Å². The Labute approximate surface area is 139 Å². The molecule has 0 bridgehead atoms. The number of nitrogens with zero attached hydrogens (tertiary/aromatic N) is 2. The Morgan fingerprint density at radius 2 is 1.78 bits per heavy atom. The van der Waals surface area contributed by atoms with Crippen LogP contribution in [-0.2, 0) is 16.6 Å². The van der Waals surface area contributed by atoms with E-state index in [0.717, 1.165) is 21.5 Å². The van der Waals surface area contributed by atoms with Crippen molar-refractivity contribution >= 4 is 27.3 Å². The molecule has 0 saturated carbocycles. The number of aryl methyl sites for hydroxylation is 1. The molecule has 0 fully saturated rings. The van der Waals surface area contributed by atoms with Gasteiger partial charge in [-0.25, -0.2) is 8.42 Å². The molecule has 0 aliphatic carbocycles. The highest BCUT2D eigenvalue weighted by molar-refractivity contribution is 7.89. The molecule has 8 heteroatoms. The van der Waals surface area contributed by atoms with Crippen LogP contribution in [0.15, 0.2) is 47.4 Å². The molecule has 0 radical (unpaired) electrons. The Hall–Kier alpha value is -1.96. The second kappa shape index (κ2) is 6.66. The van der Waals surface area contributed by atoms with Crippen LogP contribution >= 0.6 is 11.6 Å². The number of nitro benzene ring substituents is 1. The molecule has 0 unspecified atom stereocenters. The van der Waals surface area contributed by atoms with Crippen LogP contribution in [0.3, 0.4) is 0 Å². The third-order valence-corrected chi connectivity index (χ3v) is 5.47. The topological polar surface area (TPSA) is 80.5 Å². The van der Waals surface area contributed by atoms with Crippen LogP contribution in [-0.4, -0.2) is 24.7 Å². The first-order chi connectivity index (χ1) is 10.7. The van der Waals surface area contributed by atoms with Gasteiger partial charge in [-0.05, 0) is 24.6 Å². The zero-order chi connectivity index (χ0) is 17.2. The van der Waals surface area contributed by atoms with E-state index < -0.39 is 20.6 Å². The third kappa shape index (κ3) is 3.87. The first-order valence-electron chi connectivity index (χ1n) is 6.67. The molecule has 6 nitrogen and oxygen atoms in total. The fourth-order valence-electron chi connectivity index (χ4n) is 2.01. The van der Waals surface area contributed by atoms with Gasteiger partial charge in [0.1, 0.15) is 5.02 Å². The van der Waals surface area contributed by atoms with Crippen molar-refractivity contribution in [3.63, 3.8) is 0 Å². The predicted octanol–water partition coefficient (Wildman–Crippen LogP) is 3.38. The van der Waals surface area contributed by atoms with Crippen LogP contribution in [0, 0.1) is 17.0 Å². The molecule has 0 saturated heterocycles. The third-order valence-electron chi connectivity index (χ3n) is 3.35. The van der Waals surface area contributed by atoms with Gasteiger partial charge in [0.05, 0.1) is 9.82 Å². The molecule has 0 aliphatic rings. The van der Waals surface area contributed by atoms with Crippen LogP contribution in [0.5, 0.6) is 0 Å². The van der Waals surface area contributed by atoms with Crippen molar-refractivity contribution in [2.24, 2.45) is 0 Å². The van der Waals surface area contributed by atoms with Gasteiger partial charge in [-0.15, -0.1) is 0 Å². The van der Waals surface area contributed by atoms with Crippen LogP contribution in [0.2, 0.25) is 5.02 Å². The Bertz CT molecular complexity index is 835. The lowest BCUT2D eigenvalue weighted by Gasteiger charge is -2.17. The molecule has 122 valence electrons. The van der Waals surface area contributed by atoms with E-state index in [-0.39, 0.29) is 16.5 Å². The van der Waals surface area contributed by atoms with E-state index in [9.17, 15) is 18.5 Å². The summed E-state index contributed by atoms with van der Waals surface area (Å²) in [6.07, 6.45) is 0. The first-order valence-corrected chi connectivity index (χ1v) is 8.49. The van der Waals surface area contributed by atoms with Crippen molar-refractivity contribution < 1.29 is 13.3 Å². The highest BCUT2D eigenvalue weighted by Crippen LogP contribution is 2.28. The van der Waals surface area contributed by atoms with Crippen molar-refractivity contribution in [1.29, 1.82) is 0 Å². The summed E-state index contributed by atoms with van der Waals surface area (Å²) in [4.78, 5) is 10.0. The van der Waals surface area contributed by atoms with Crippen molar-refractivity contribution in [1.82, 2.24) is 4.31 Å². The van der Waals surface area contributed by atoms with Gasteiger partial charge in [-0.2, -0.15) is 4.31 Å². The Morgan fingerprint density at radius 3 is 2.35 bits per heavy atom. The van der Waals surface area contributed by atoms with E-state index >= 15 is 0 Å². The average Bonchev–Trinajstić information content (AvgIpc) is 2.49. The summed E-state index contributed by atoms with van der Waals surface area (Å²) in [5, 5.41) is 10.8. The van der Waals surface area contributed by atoms with E-state index in [2.05, 4.69) is 0 Å². The van der Waals surface area contributed by atoms with Crippen molar-refractivity contribution in [2.45, 2.75) is 18.4 Å². The second-order valence-corrected chi connectivity index (χ2v) is 7.57. The van der Waals surface area contributed by atoms with Gasteiger partial charge in [0.25, 0.3) is 5.69 Å². The maximum atomic E-state index is 12.5. The van der Waals surface area contributed by atoms with Crippen LogP contribution in [0.4, 0.5) is 5.69 Å². The van der Waals surface area contributed by atoms with Gasteiger partial charge in [0.15, 0.2) is 0 Å². The molecule has 0 N–H and O–H groups in total. The maximum Gasteiger partial charge on any atom is 0.289 e. The molecule has 23 heavy (non-hydrogen) atoms. The molecular formula is C15H15ClN2O4S. The van der Waals surface area contributed by atoms with Gasteiger partial charge < -0.3 is 0 Å². The second-order valence-electron chi connectivity index (χ2n) is 5.12. The Kier molecular flexibility index (Phi) is 5.03.